The van der Waals surface area contributed by atoms with Gasteiger partial charge < -0.3 is 10.5 Å². The molecule has 0 saturated heterocycles. The van der Waals surface area contributed by atoms with Crippen LogP contribution in [-0.4, -0.2) is 12.6 Å². The highest BCUT2D eigenvalue weighted by atomic mass is 16.5. The second-order valence-corrected chi connectivity index (χ2v) is 4.75. The fourth-order valence-electron chi connectivity index (χ4n) is 3.14. The van der Waals surface area contributed by atoms with Crippen LogP contribution in [0.15, 0.2) is 18.2 Å². The molecule has 1 heterocycles. The van der Waals surface area contributed by atoms with Crippen LogP contribution in [0.5, 0.6) is 5.75 Å². The molecule has 1 aromatic rings. The fourth-order valence-corrected chi connectivity index (χ4v) is 3.14. The minimum Gasteiger partial charge on any atom is -0.489 e. The summed E-state index contributed by atoms with van der Waals surface area (Å²) in [6.07, 6.45) is 2.79. The van der Waals surface area contributed by atoms with Gasteiger partial charge in [0, 0.05) is 11.5 Å². The van der Waals surface area contributed by atoms with E-state index in [1.165, 1.54) is 24.0 Å². The zero-order chi connectivity index (χ0) is 10.4. The Labute approximate surface area is 90.4 Å². The summed E-state index contributed by atoms with van der Waals surface area (Å²) in [4.78, 5) is 0. The lowest BCUT2D eigenvalue weighted by Gasteiger charge is -2.15. The molecule has 1 fully saturated rings. The fraction of sp³-hybridized carbons (Fsp3) is 0.538. The summed E-state index contributed by atoms with van der Waals surface area (Å²) >= 11 is 0. The maximum Gasteiger partial charge on any atom is 0.126 e. The first-order valence-corrected chi connectivity index (χ1v) is 5.77. The Kier molecular flexibility index (Phi) is 1.99. The number of ether oxygens (including phenoxy) is 1. The molecule has 1 saturated carbocycles. The van der Waals surface area contributed by atoms with Gasteiger partial charge in [-0.15, -0.1) is 0 Å². The molecule has 2 N–H and O–H groups in total. The average molecular weight is 203 g/mol. The van der Waals surface area contributed by atoms with Crippen molar-refractivity contribution in [3.8, 4) is 5.75 Å². The largest absolute Gasteiger partial charge is 0.489 e. The van der Waals surface area contributed by atoms with E-state index in [-0.39, 0.29) is 0 Å². The van der Waals surface area contributed by atoms with Crippen molar-refractivity contribution in [3.63, 3.8) is 0 Å². The van der Waals surface area contributed by atoms with Gasteiger partial charge in [-0.25, -0.2) is 0 Å². The lowest BCUT2D eigenvalue weighted by Crippen LogP contribution is -2.21. The van der Waals surface area contributed by atoms with Crippen LogP contribution in [-0.2, 0) is 0 Å². The normalized spacial score (nSPS) is 32.3. The number of para-hydroxylation sites is 1. The number of aryl methyl sites for hydroxylation is 1. The lowest BCUT2D eigenvalue weighted by molar-refractivity contribution is 0.217. The van der Waals surface area contributed by atoms with Crippen LogP contribution in [0.1, 0.15) is 29.9 Å². The minimum absolute atomic E-state index is 0.398. The molecule has 0 aromatic heterocycles. The summed E-state index contributed by atoms with van der Waals surface area (Å²) < 4.78 is 6.04. The van der Waals surface area contributed by atoms with Crippen LogP contribution in [0, 0.1) is 12.8 Å². The van der Waals surface area contributed by atoms with E-state index < -0.39 is 0 Å². The van der Waals surface area contributed by atoms with Crippen molar-refractivity contribution >= 4 is 0 Å². The third-order valence-corrected chi connectivity index (χ3v) is 3.90. The number of hydrogen-bond donors (Lipinski definition) is 1. The van der Waals surface area contributed by atoms with Crippen LogP contribution in [0.4, 0.5) is 0 Å². The standard InChI is InChI=1S/C13H17NO/c1-8-3-2-4-10-12-9(7-14)5-6-11(12)15-13(8)10/h2-4,9,11-12H,5-7,14H2,1H3/t9-,11?,12?/m1/s1. The Morgan fingerprint density at radius 1 is 1.40 bits per heavy atom. The topological polar surface area (TPSA) is 35.2 Å². The van der Waals surface area contributed by atoms with Crippen molar-refractivity contribution in [1.29, 1.82) is 0 Å². The maximum absolute atomic E-state index is 6.04. The summed E-state index contributed by atoms with van der Waals surface area (Å²) in [5, 5.41) is 0. The molecule has 15 heavy (non-hydrogen) atoms. The molecule has 3 rings (SSSR count). The third kappa shape index (κ3) is 1.21. The quantitative estimate of drug-likeness (QED) is 0.759. The first-order valence-electron chi connectivity index (χ1n) is 5.77. The van der Waals surface area contributed by atoms with Gasteiger partial charge in [0.1, 0.15) is 11.9 Å². The molecule has 3 atom stereocenters. The van der Waals surface area contributed by atoms with Crippen molar-refractivity contribution in [2.45, 2.75) is 31.8 Å². The van der Waals surface area contributed by atoms with Gasteiger partial charge in [-0.1, -0.05) is 18.2 Å². The van der Waals surface area contributed by atoms with Gasteiger partial charge in [-0.05, 0) is 37.8 Å². The average Bonchev–Trinajstić information content (AvgIpc) is 2.77. The van der Waals surface area contributed by atoms with Crippen molar-refractivity contribution < 1.29 is 4.74 Å². The number of fused-ring (bicyclic) bond motifs is 3. The smallest absolute Gasteiger partial charge is 0.126 e. The van der Waals surface area contributed by atoms with Crippen molar-refractivity contribution in [1.82, 2.24) is 0 Å². The molecule has 1 aromatic carbocycles. The molecule has 2 aliphatic rings. The molecule has 0 amide bonds. The summed E-state index contributed by atoms with van der Waals surface area (Å²) in [5.74, 6) is 2.31. The highest BCUT2D eigenvalue weighted by Gasteiger charge is 2.44. The van der Waals surface area contributed by atoms with Crippen LogP contribution in [0.2, 0.25) is 0 Å². The van der Waals surface area contributed by atoms with Gasteiger partial charge >= 0.3 is 0 Å². The zero-order valence-electron chi connectivity index (χ0n) is 9.07. The molecule has 1 aliphatic carbocycles. The van der Waals surface area contributed by atoms with Gasteiger partial charge in [-0.3, -0.25) is 0 Å². The Morgan fingerprint density at radius 2 is 2.27 bits per heavy atom. The molecule has 80 valence electrons. The van der Waals surface area contributed by atoms with Gasteiger partial charge in [0.05, 0.1) is 0 Å². The predicted molar refractivity (Wildman–Crippen MR) is 60.1 cm³/mol. The minimum atomic E-state index is 0.398. The number of nitrogens with two attached hydrogens (primary N) is 1. The van der Waals surface area contributed by atoms with E-state index in [1.807, 2.05) is 0 Å². The first-order chi connectivity index (χ1) is 7.31. The Balaban J connectivity index is 2.05. The van der Waals surface area contributed by atoms with Crippen molar-refractivity contribution in [2.75, 3.05) is 6.54 Å². The molecule has 0 bridgehead atoms. The summed E-state index contributed by atoms with van der Waals surface area (Å²) in [6, 6.07) is 6.46. The van der Waals surface area contributed by atoms with Crippen molar-refractivity contribution in [2.24, 2.45) is 11.7 Å². The SMILES string of the molecule is Cc1cccc2c1OC1CC[C@H](CN)C21. The van der Waals surface area contributed by atoms with E-state index in [0.717, 1.165) is 12.3 Å². The van der Waals surface area contributed by atoms with E-state index in [9.17, 15) is 0 Å². The predicted octanol–water partition coefficient (Wildman–Crippen LogP) is 2.21. The second-order valence-electron chi connectivity index (χ2n) is 4.75. The van der Waals surface area contributed by atoms with E-state index in [0.29, 0.717) is 17.9 Å². The van der Waals surface area contributed by atoms with Crippen LogP contribution >= 0.6 is 0 Å². The maximum atomic E-state index is 6.04. The van der Waals surface area contributed by atoms with E-state index in [4.69, 9.17) is 10.5 Å². The van der Waals surface area contributed by atoms with E-state index in [2.05, 4.69) is 25.1 Å². The number of benzene rings is 1. The molecule has 2 heteroatoms. The molecule has 2 nitrogen and oxygen atoms in total. The van der Waals surface area contributed by atoms with Gasteiger partial charge in [-0.2, -0.15) is 0 Å². The first kappa shape index (κ1) is 9.22. The third-order valence-electron chi connectivity index (χ3n) is 3.90. The summed E-state index contributed by atoms with van der Waals surface area (Å²) in [5.41, 5.74) is 8.49. The highest BCUT2D eigenvalue weighted by Crippen LogP contribution is 2.50. The van der Waals surface area contributed by atoms with Crippen LogP contribution in [0.3, 0.4) is 0 Å². The van der Waals surface area contributed by atoms with Crippen molar-refractivity contribution in [3.05, 3.63) is 29.3 Å². The Morgan fingerprint density at radius 3 is 3.07 bits per heavy atom. The molecule has 2 unspecified atom stereocenters. The Bertz CT molecular complexity index is 388. The molecule has 0 radical (unpaired) electrons. The Hall–Kier alpha value is -1.02. The van der Waals surface area contributed by atoms with Gasteiger partial charge in [0.25, 0.3) is 0 Å². The highest BCUT2D eigenvalue weighted by molar-refractivity contribution is 5.47. The van der Waals surface area contributed by atoms with Crippen LogP contribution < -0.4 is 10.5 Å². The van der Waals surface area contributed by atoms with E-state index in [1.54, 1.807) is 0 Å². The number of rotatable bonds is 1. The van der Waals surface area contributed by atoms with Gasteiger partial charge in [0.15, 0.2) is 0 Å². The zero-order valence-corrected chi connectivity index (χ0v) is 9.07. The number of hydrogen-bond acceptors (Lipinski definition) is 2. The van der Waals surface area contributed by atoms with E-state index >= 15 is 0 Å². The summed E-state index contributed by atoms with van der Waals surface area (Å²) in [7, 11) is 0. The molecular weight excluding hydrogens is 186 g/mol. The second kappa shape index (κ2) is 3.24. The van der Waals surface area contributed by atoms with Gasteiger partial charge in [0.2, 0.25) is 0 Å². The van der Waals surface area contributed by atoms with Crippen LogP contribution in [0.25, 0.3) is 0 Å². The molecule has 1 aliphatic heterocycles. The molecule has 0 spiro atoms. The lowest BCUT2D eigenvalue weighted by atomic mass is 9.88. The summed E-state index contributed by atoms with van der Waals surface area (Å²) in [6.45, 7) is 2.91. The molecular formula is C13H17NO. The monoisotopic (exact) mass is 203 g/mol.